The Labute approximate surface area is 118 Å². The molecule has 0 spiro atoms. The van der Waals surface area contributed by atoms with Crippen LogP contribution in [0.15, 0.2) is 47.3 Å². The van der Waals surface area contributed by atoms with Crippen LogP contribution in [0.4, 0.5) is 0 Å². The Morgan fingerprint density at radius 1 is 1.00 bits per heavy atom. The summed E-state index contributed by atoms with van der Waals surface area (Å²) in [6, 6.07) is 12.2. The van der Waals surface area contributed by atoms with Gasteiger partial charge in [0.15, 0.2) is 0 Å². The summed E-state index contributed by atoms with van der Waals surface area (Å²) in [7, 11) is 0. The van der Waals surface area contributed by atoms with Crippen LogP contribution in [0, 0.1) is 0 Å². The number of para-hydroxylation sites is 1. The number of benzene rings is 2. The molecule has 94 valence electrons. The Bertz CT molecular complexity index is 807. The molecule has 1 aromatic heterocycles. The molecule has 0 radical (unpaired) electrons. The number of aromatic nitrogens is 2. The molecule has 0 aliphatic rings. The first-order valence-corrected chi connectivity index (χ1v) is 6.34. The van der Waals surface area contributed by atoms with Gasteiger partial charge in [0, 0.05) is 15.6 Å². The van der Waals surface area contributed by atoms with Crippen molar-refractivity contribution in [1.82, 2.24) is 9.97 Å². The van der Waals surface area contributed by atoms with Gasteiger partial charge in [0.1, 0.15) is 5.82 Å². The van der Waals surface area contributed by atoms with Crippen molar-refractivity contribution in [3.05, 3.63) is 62.9 Å². The van der Waals surface area contributed by atoms with Gasteiger partial charge in [0.2, 0.25) is 0 Å². The molecule has 0 atom stereocenters. The third-order valence-electron chi connectivity index (χ3n) is 2.75. The maximum absolute atomic E-state index is 12.0. The van der Waals surface area contributed by atoms with E-state index in [9.17, 15) is 4.79 Å². The number of nitrogens with one attached hydrogen (secondary N) is 1. The molecule has 1 heterocycles. The van der Waals surface area contributed by atoms with Gasteiger partial charge in [-0.1, -0.05) is 35.3 Å². The first-order chi connectivity index (χ1) is 9.13. The summed E-state index contributed by atoms with van der Waals surface area (Å²) >= 11 is 11.9. The smallest absolute Gasteiger partial charge is 0.259 e. The lowest BCUT2D eigenvalue weighted by atomic mass is 10.2. The number of halogens is 2. The largest absolute Gasteiger partial charge is 0.306 e. The molecule has 0 bridgehead atoms. The molecule has 0 amide bonds. The maximum atomic E-state index is 12.0. The fourth-order valence-electron chi connectivity index (χ4n) is 1.91. The zero-order valence-electron chi connectivity index (χ0n) is 9.65. The van der Waals surface area contributed by atoms with Crippen molar-refractivity contribution in [2.45, 2.75) is 0 Å². The van der Waals surface area contributed by atoms with Gasteiger partial charge in [-0.3, -0.25) is 4.79 Å². The third-order valence-corrected chi connectivity index (χ3v) is 3.19. The van der Waals surface area contributed by atoms with Crippen molar-refractivity contribution in [1.29, 1.82) is 0 Å². The molecule has 5 heteroatoms. The van der Waals surface area contributed by atoms with Gasteiger partial charge in [0.25, 0.3) is 5.56 Å². The van der Waals surface area contributed by atoms with Crippen LogP contribution in [-0.2, 0) is 0 Å². The zero-order chi connectivity index (χ0) is 13.4. The Hall–Kier alpha value is -1.84. The molecule has 0 saturated carbocycles. The van der Waals surface area contributed by atoms with Crippen LogP contribution in [0.5, 0.6) is 0 Å². The molecule has 3 nitrogen and oxygen atoms in total. The average molecular weight is 291 g/mol. The van der Waals surface area contributed by atoms with E-state index in [1.807, 2.05) is 6.07 Å². The SMILES string of the molecule is O=c1[nH]c(-c2cc(Cl)cc(Cl)c2)nc2ccccc12. The van der Waals surface area contributed by atoms with Crippen LogP contribution < -0.4 is 5.56 Å². The highest BCUT2D eigenvalue weighted by Gasteiger charge is 2.07. The predicted octanol–water partition coefficient (Wildman–Crippen LogP) is 3.90. The fourth-order valence-corrected chi connectivity index (χ4v) is 2.44. The molecule has 0 fully saturated rings. The summed E-state index contributed by atoms with van der Waals surface area (Å²) in [5.74, 6) is 0.452. The van der Waals surface area contributed by atoms with E-state index in [2.05, 4.69) is 9.97 Å². The highest BCUT2D eigenvalue weighted by atomic mass is 35.5. The number of hydrogen-bond donors (Lipinski definition) is 1. The van der Waals surface area contributed by atoms with Gasteiger partial charge in [-0.05, 0) is 30.3 Å². The van der Waals surface area contributed by atoms with Crippen molar-refractivity contribution in [3.63, 3.8) is 0 Å². The van der Waals surface area contributed by atoms with Crippen molar-refractivity contribution < 1.29 is 0 Å². The molecule has 3 aromatic rings. The van der Waals surface area contributed by atoms with Crippen LogP contribution in [0.25, 0.3) is 22.3 Å². The zero-order valence-corrected chi connectivity index (χ0v) is 11.2. The van der Waals surface area contributed by atoms with Crippen LogP contribution in [0.2, 0.25) is 10.0 Å². The summed E-state index contributed by atoms with van der Waals surface area (Å²) in [5.41, 5.74) is 1.13. The topological polar surface area (TPSA) is 45.8 Å². The van der Waals surface area contributed by atoms with Gasteiger partial charge in [-0.25, -0.2) is 4.98 Å². The van der Waals surface area contributed by atoms with Crippen molar-refractivity contribution >= 4 is 34.1 Å². The Morgan fingerprint density at radius 2 is 1.68 bits per heavy atom. The lowest BCUT2D eigenvalue weighted by Crippen LogP contribution is -2.09. The normalized spacial score (nSPS) is 10.8. The van der Waals surface area contributed by atoms with E-state index in [0.29, 0.717) is 32.3 Å². The van der Waals surface area contributed by atoms with E-state index >= 15 is 0 Å². The summed E-state index contributed by atoms with van der Waals surface area (Å²) in [4.78, 5) is 19.1. The van der Waals surface area contributed by atoms with Gasteiger partial charge in [-0.2, -0.15) is 0 Å². The highest BCUT2D eigenvalue weighted by molar-refractivity contribution is 6.35. The van der Waals surface area contributed by atoms with Crippen LogP contribution in [0.1, 0.15) is 0 Å². The van der Waals surface area contributed by atoms with E-state index in [4.69, 9.17) is 23.2 Å². The molecule has 0 aliphatic carbocycles. The Kier molecular flexibility index (Phi) is 3.01. The number of fused-ring (bicyclic) bond motifs is 1. The van der Waals surface area contributed by atoms with Gasteiger partial charge in [-0.15, -0.1) is 0 Å². The molecular weight excluding hydrogens is 283 g/mol. The Morgan fingerprint density at radius 3 is 2.42 bits per heavy atom. The van der Waals surface area contributed by atoms with Crippen LogP contribution in [0.3, 0.4) is 0 Å². The lowest BCUT2D eigenvalue weighted by Gasteiger charge is -2.04. The van der Waals surface area contributed by atoms with E-state index < -0.39 is 0 Å². The summed E-state index contributed by atoms with van der Waals surface area (Å²) < 4.78 is 0. The van der Waals surface area contributed by atoms with Gasteiger partial charge < -0.3 is 4.98 Å². The summed E-state index contributed by atoms with van der Waals surface area (Å²) in [5, 5.41) is 1.55. The number of rotatable bonds is 1. The minimum atomic E-state index is -0.184. The van der Waals surface area contributed by atoms with Crippen LogP contribution in [-0.4, -0.2) is 9.97 Å². The standard InChI is InChI=1S/C14H8Cl2N2O/c15-9-5-8(6-10(16)7-9)13-17-12-4-2-1-3-11(12)14(19)18-13/h1-7H,(H,17,18,19). The average Bonchev–Trinajstić information content (AvgIpc) is 2.37. The van der Waals surface area contributed by atoms with E-state index in [0.717, 1.165) is 0 Å². The second kappa shape index (κ2) is 4.68. The monoisotopic (exact) mass is 290 g/mol. The molecule has 0 aliphatic heterocycles. The van der Waals surface area contributed by atoms with E-state index in [1.165, 1.54) is 0 Å². The first-order valence-electron chi connectivity index (χ1n) is 5.59. The molecule has 1 N–H and O–H groups in total. The maximum Gasteiger partial charge on any atom is 0.259 e. The molecule has 19 heavy (non-hydrogen) atoms. The molecule has 0 saturated heterocycles. The number of hydrogen-bond acceptors (Lipinski definition) is 2. The van der Waals surface area contributed by atoms with Gasteiger partial charge in [0.05, 0.1) is 10.9 Å². The first kappa shape index (κ1) is 12.2. The van der Waals surface area contributed by atoms with Crippen LogP contribution >= 0.6 is 23.2 Å². The van der Waals surface area contributed by atoms with Gasteiger partial charge >= 0.3 is 0 Å². The summed E-state index contributed by atoms with van der Waals surface area (Å²) in [6.07, 6.45) is 0. The second-order valence-electron chi connectivity index (χ2n) is 4.09. The highest BCUT2D eigenvalue weighted by Crippen LogP contribution is 2.25. The molecule has 2 aromatic carbocycles. The fraction of sp³-hybridized carbons (Fsp3) is 0. The minimum absolute atomic E-state index is 0.184. The van der Waals surface area contributed by atoms with E-state index in [1.54, 1.807) is 36.4 Å². The lowest BCUT2D eigenvalue weighted by molar-refractivity contribution is 1.18. The molecule has 0 unspecified atom stereocenters. The number of nitrogens with zero attached hydrogens (tertiary/aromatic N) is 1. The van der Waals surface area contributed by atoms with Crippen molar-refractivity contribution in [3.8, 4) is 11.4 Å². The van der Waals surface area contributed by atoms with Crippen molar-refractivity contribution in [2.24, 2.45) is 0 Å². The third kappa shape index (κ3) is 2.35. The minimum Gasteiger partial charge on any atom is -0.306 e. The molecule has 3 rings (SSSR count). The summed E-state index contributed by atoms with van der Waals surface area (Å²) in [6.45, 7) is 0. The second-order valence-corrected chi connectivity index (χ2v) is 4.96. The van der Waals surface area contributed by atoms with E-state index in [-0.39, 0.29) is 5.56 Å². The number of aromatic amines is 1. The quantitative estimate of drug-likeness (QED) is 0.739. The predicted molar refractivity (Wildman–Crippen MR) is 77.8 cm³/mol. The molecular formula is C14H8Cl2N2O. The Balaban J connectivity index is 2.28. The number of H-pyrrole nitrogens is 1. The van der Waals surface area contributed by atoms with Crippen molar-refractivity contribution in [2.75, 3.05) is 0 Å².